The molecule has 1 aromatic heterocycles. The average molecular weight is 204 g/mol. The second-order valence-corrected chi connectivity index (χ2v) is 3.16. The maximum Gasteiger partial charge on any atom is 0.119 e. The quantitative estimate of drug-likeness (QED) is 0.797. The Balaban J connectivity index is 1.81. The standard InChI is InChI=1S/C11H12N2O2/c14-10-1-3-11(4-2-10)15-8-6-9-5-7-12-13-9/h1-5,7,14H,6,8H2,(H,12,13). The summed E-state index contributed by atoms with van der Waals surface area (Å²) in [5.74, 6) is 0.998. The fraction of sp³-hybridized carbons (Fsp3) is 0.182. The van der Waals surface area contributed by atoms with Crippen LogP contribution in [0.2, 0.25) is 0 Å². The largest absolute Gasteiger partial charge is 0.508 e. The molecular weight excluding hydrogens is 192 g/mol. The highest BCUT2D eigenvalue weighted by Crippen LogP contribution is 2.15. The summed E-state index contributed by atoms with van der Waals surface area (Å²) in [5.41, 5.74) is 0.980. The normalized spacial score (nSPS) is 10.1. The zero-order chi connectivity index (χ0) is 10.5. The number of phenolic OH excluding ortho intramolecular Hbond substituents is 1. The number of H-pyrrole nitrogens is 1. The summed E-state index contributed by atoms with van der Waals surface area (Å²) >= 11 is 0. The number of hydrogen-bond donors (Lipinski definition) is 2. The molecule has 78 valence electrons. The Hall–Kier alpha value is -1.97. The van der Waals surface area contributed by atoms with E-state index in [1.54, 1.807) is 30.5 Å². The molecule has 0 aliphatic carbocycles. The van der Waals surface area contributed by atoms with Crippen molar-refractivity contribution in [2.45, 2.75) is 6.42 Å². The van der Waals surface area contributed by atoms with E-state index in [2.05, 4.69) is 10.2 Å². The second-order valence-electron chi connectivity index (χ2n) is 3.16. The molecule has 1 heterocycles. The van der Waals surface area contributed by atoms with Crippen molar-refractivity contribution < 1.29 is 9.84 Å². The summed E-state index contributed by atoms with van der Waals surface area (Å²) in [4.78, 5) is 0. The molecule has 0 bridgehead atoms. The van der Waals surface area contributed by atoms with Gasteiger partial charge in [0.25, 0.3) is 0 Å². The third-order valence-electron chi connectivity index (χ3n) is 2.02. The van der Waals surface area contributed by atoms with Crippen LogP contribution in [-0.2, 0) is 6.42 Å². The number of aromatic amines is 1. The van der Waals surface area contributed by atoms with Crippen LogP contribution in [0.1, 0.15) is 5.69 Å². The number of benzene rings is 1. The van der Waals surface area contributed by atoms with Gasteiger partial charge in [0.1, 0.15) is 11.5 Å². The molecule has 4 heteroatoms. The van der Waals surface area contributed by atoms with E-state index in [9.17, 15) is 0 Å². The lowest BCUT2D eigenvalue weighted by atomic mass is 10.3. The Labute approximate surface area is 87.5 Å². The second kappa shape index (κ2) is 4.50. The van der Waals surface area contributed by atoms with E-state index in [1.807, 2.05) is 6.07 Å². The first-order chi connectivity index (χ1) is 7.34. The maximum atomic E-state index is 9.06. The lowest BCUT2D eigenvalue weighted by Crippen LogP contribution is -2.01. The number of hydrogen-bond acceptors (Lipinski definition) is 3. The van der Waals surface area contributed by atoms with E-state index in [0.29, 0.717) is 6.61 Å². The van der Waals surface area contributed by atoms with Gasteiger partial charge in [-0.15, -0.1) is 0 Å². The molecule has 0 amide bonds. The van der Waals surface area contributed by atoms with Gasteiger partial charge < -0.3 is 9.84 Å². The molecule has 0 aliphatic rings. The van der Waals surface area contributed by atoms with Crippen LogP contribution in [0.15, 0.2) is 36.5 Å². The Morgan fingerprint density at radius 1 is 1.20 bits per heavy atom. The number of phenols is 1. The van der Waals surface area contributed by atoms with Crippen LogP contribution in [0, 0.1) is 0 Å². The van der Waals surface area contributed by atoms with Crippen molar-refractivity contribution in [2.24, 2.45) is 0 Å². The molecule has 2 N–H and O–H groups in total. The van der Waals surface area contributed by atoms with Crippen molar-refractivity contribution in [3.8, 4) is 11.5 Å². The smallest absolute Gasteiger partial charge is 0.119 e. The number of aromatic nitrogens is 2. The zero-order valence-corrected chi connectivity index (χ0v) is 8.18. The van der Waals surface area contributed by atoms with E-state index in [-0.39, 0.29) is 5.75 Å². The van der Waals surface area contributed by atoms with Gasteiger partial charge in [-0.05, 0) is 30.3 Å². The van der Waals surface area contributed by atoms with Crippen molar-refractivity contribution in [3.63, 3.8) is 0 Å². The monoisotopic (exact) mass is 204 g/mol. The van der Waals surface area contributed by atoms with Gasteiger partial charge >= 0.3 is 0 Å². The number of rotatable bonds is 4. The fourth-order valence-electron chi connectivity index (χ4n) is 1.25. The first kappa shape index (κ1) is 9.58. The number of aromatic hydroxyl groups is 1. The lowest BCUT2D eigenvalue weighted by Gasteiger charge is -2.04. The van der Waals surface area contributed by atoms with Crippen LogP contribution in [0.4, 0.5) is 0 Å². The van der Waals surface area contributed by atoms with E-state index < -0.39 is 0 Å². The predicted octanol–water partition coefficient (Wildman–Crippen LogP) is 1.74. The molecule has 2 aromatic rings. The van der Waals surface area contributed by atoms with Crippen molar-refractivity contribution in [2.75, 3.05) is 6.61 Å². The average Bonchev–Trinajstić information content (AvgIpc) is 2.74. The van der Waals surface area contributed by atoms with Gasteiger partial charge in [0.2, 0.25) is 0 Å². The minimum Gasteiger partial charge on any atom is -0.508 e. The maximum absolute atomic E-state index is 9.06. The summed E-state index contributed by atoms with van der Waals surface area (Å²) in [5, 5.41) is 15.8. The lowest BCUT2D eigenvalue weighted by molar-refractivity contribution is 0.320. The minimum absolute atomic E-state index is 0.245. The van der Waals surface area contributed by atoms with E-state index in [1.165, 1.54) is 0 Å². The molecular formula is C11H12N2O2. The molecule has 0 fully saturated rings. The van der Waals surface area contributed by atoms with Crippen LogP contribution in [0.25, 0.3) is 0 Å². The molecule has 0 unspecified atom stereocenters. The van der Waals surface area contributed by atoms with Crippen molar-refractivity contribution in [3.05, 3.63) is 42.2 Å². The predicted molar refractivity (Wildman–Crippen MR) is 55.9 cm³/mol. The fourth-order valence-corrected chi connectivity index (χ4v) is 1.25. The van der Waals surface area contributed by atoms with Crippen LogP contribution in [0.5, 0.6) is 11.5 Å². The van der Waals surface area contributed by atoms with Gasteiger partial charge in [-0.2, -0.15) is 5.10 Å². The van der Waals surface area contributed by atoms with Crippen LogP contribution < -0.4 is 4.74 Å². The highest BCUT2D eigenvalue weighted by atomic mass is 16.5. The topological polar surface area (TPSA) is 58.1 Å². The Morgan fingerprint density at radius 2 is 2.00 bits per heavy atom. The molecule has 0 saturated heterocycles. The summed E-state index contributed by atoms with van der Waals surface area (Å²) in [6.45, 7) is 0.579. The van der Waals surface area contributed by atoms with E-state index >= 15 is 0 Å². The Morgan fingerprint density at radius 3 is 2.67 bits per heavy atom. The van der Waals surface area contributed by atoms with E-state index in [0.717, 1.165) is 17.9 Å². The highest BCUT2D eigenvalue weighted by molar-refractivity contribution is 5.30. The molecule has 2 rings (SSSR count). The number of nitrogens with one attached hydrogen (secondary N) is 1. The van der Waals surface area contributed by atoms with Crippen LogP contribution >= 0.6 is 0 Å². The molecule has 0 atom stereocenters. The van der Waals surface area contributed by atoms with Crippen molar-refractivity contribution >= 4 is 0 Å². The molecule has 0 aliphatic heterocycles. The Bertz CT molecular complexity index is 395. The third-order valence-corrected chi connectivity index (χ3v) is 2.02. The van der Waals surface area contributed by atoms with E-state index in [4.69, 9.17) is 9.84 Å². The first-order valence-electron chi connectivity index (χ1n) is 4.75. The van der Waals surface area contributed by atoms with Gasteiger partial charge in [-0.25, -0.2) is 0 Å². The van der Waals surface area contributed by atoms with Gasteiger partial charge in [-0.3, -0.25) is 5.10 Å². The summed E-state index contributed by atoms with van der Waals surface area (Å²) in [6.07, 6.45) is 2.56. The zero-order valence-electron chi connectivity index (χ0n) is 8.18. The molecule has 4 nitrogen and oxygen atoms in total. The van der Waals surface area contributed by atoms with Gasteiger partial charge in [0.15, 0.2) is 0 Å². The minimum atomic E-state index is 0.245. The van der Waals surface area contributed by atoms with Crippen molar-refractivity contribution in [1.82, 2.24) is 10.2 Å². The first-order valence-corrected chi connectivity index (χ1v) is 4.75. The highest BCUT2D eigenvalue weighted by Gasteiger charge is 1.96. The molecule has 1 aromatic carbocycles. The van der Waals surface area contributed by atoms with Gasteiger partial charge in [0.05, 0.1) is 12.3 Å². The van der Waals surface area contributed by atoms with Gasteiger partial charge in [0, 0.05) is 12.6 Å². The number of ether oxygens (including phenoxy) is 1. The van der Waals surface area contributed by atoms with Crippen molar-refractivity contribution in [1.29, 1.82) is 0 Å². The van der Waals surface area contributed by atoms with Crippen LogP contribution in [-0.4, -0.2) is 21.9 Å². The SMILES string of the molecule is Oc1ccc(OCCc2cc[nH]n2)cc1. The summed E-state index contributed by atoms with van der Waals surface area (Å²) in [6, 6.07) is 8.59. The molecule has 0 spiro atoms. The molecule has 15 heavy (non-hydrogen) atoms. The van der Waals surface area contributed by atoms with Gasteiger partial charge in [-0.1, -0.05) is 0 Å². The molecule has 0 radical (unpaired) electrons. The van der Waals surface area contributed by atoms with Crippen LogP contribution in [0.3, 0.4) is 0 Å². The molecule has 0 saturated carbocycles. The summed E-state index contributed by atoms with van der Waals surface area (Å²) in [7, 11) is 0. The third kappa shape index (κ3) is 2.74. The number of nitrogens with zero attached hydrogens (tertiary/aromatic N) is 1. The Kier molecular flexibility index (Phi) is 2.88. The summed E-state index contributed by atoms with van der Waals surface area (Å²) < 4.78 is 5.47.